The van der Waals surface area contributed by atoms with Gasteiger partial charge in [0.15, 0.2) is 0 Å². The van der Waals surface area contributed by atoms with Crippen LogP contribution >= 0.6 is 12.2 Å². The van der Waals surface area contributed by atoms with Crippen LogP contribution in [0.2, 0.25) is 0 Å². The minimum atomic E-state index is -0.283. The fraction of sp³-hybridized carbons (Fsp3) is 0.800. The third-order valence-electron chi connectivity index (χ3n) is 2.56. The predicted molar refractivity (Wildman–Crippen MR) is 66.5 cm³/mol. The van der Waals surface area contributed by atoms with Gasteiger partial charge in [0, 0.05) is 12.5 Å². The Bertz CT molecular complexity index is 233. The van der Waals surface area contributed by atoms with Gasteiger partial charge in [0.1, 0.15) is 0 Å². The lowest BCUT2D eigenvalue weighted by Gasteiger charge is -2.29. The summed E-state index contributed by atoms with van der Waals surface area (Å²) >= 11 is 4.91. The Balaban J connectivity index is 4.46. The number of likely N-dealkylation sites (N-methyl/N-ethyl adjacent to an activating group) is 1. The monoisotopic (exact) mass is 231 g/mol. The number of nitrogens with two attached hydrogens (primary N) is 2. The number of amides is 1. The standard InChI is InChI=1S/C10H21N3OS/c1-4-8(9(11)14)13(5-2)6-7(3)10(12)15/h7-8H,4-6H2,1-3H3,(H2,11,14)(H2,12,15). The molecule has 0 heterocycles. The summed E-state index contributed by atoms with van der Waals surface area (Å²) in [4.78, 5) is 13.7. The summed E-state index contributed by atoms with van der Waals surface area (Å²) in [6.07, 6.45) is 0.716. The van der Waals surface area contributed by atoms with Crippen LogP contribution in [0, 0.1) is 5.92 Å². The zero-order chi connectivity index (χ0) is 12.0. The molecule has 4 nitrogen and oxygen atoms in total. The van der Waals surface area contributed by atoms with Gasteiger partial charge in [-0.1, -0.05) is 33.0 Å². The van der Waals surface area contributed by atoms with Gasteiger partial charge >= 0.3 is 0 Å². The van der Waals surface area contributed by atoms with Crippen LogP contribution < -0.4 is 11.5 Å². The molecule has 0 radical (unpaired) electrons. The smallest absolute Gasteiger partial charge is 0.234 e. The van der Waals surface area contributed by atoms with Gasteiger partial charge in [0.2, 0.25) is 5.91 Å². The van der Waals surface area contributed by atoms with Crippen LogP contribution in [0.3, 0.4) is 0 Å². The van der Waals surface area contributed by atoms with E-state index in [9.17, 15) is 4.79 Å². The van der Waals surface area contributed by atoms with Crippen LogP contribution in [0.25, 0.3) is 0 Å². The number of carbonyl (C=O) groups excluding carboxylic acids is 1. The van der Waals surface area contributed by atoms with Crippen LogP contribution in [-0.2, 0) is 4.79 Å². The Morgan fingerprint density at radius 1 is 1.40 bits per heavy atom. The first-order chi connectivity index (χ1) is 6.93. The van der Waals surface area contributed by atoms with E-state index in [4.69, 9.17) is 23.7 Å². The first-order valence-electron chi connectivity index (χ1n) is 5.26. The molecule has 0 saturated carbocycles. The summed E-state index contributed by atoms with van der Waals surface area (Å²) in [5.74, 6) is -0.178. The van der Waals surface area contributed by atoms with E-state index < -0.39 is 0 Å². The number of hydrogen-bond donors (Lipinski definition) is 2. The molecule has 0 aliphatic carbocycles. The van der Waals surface area contributed by atoms with Crippen molar-refractivity contribution in [3.63, 3.8) is 0 Å². The van der Waals surface area contributed by atoms with Gasteiger partial charge in [-0.2, -0.15) is 0 Å². The Hall–Kier alpha value is -0.680. The number of primary amides is 1. The van der Waals surface area contributed by atoms with Gasteiger partial charge in [-0.15, -0.1) is 0 Å². The van der Waals surface area contributed by atoms with Crippen LogP contribution in [-0.4, -0.2) is 34.9 Å². The van der Waals surface area contributed by atoms with E-state index >= 15 is 0 Å². The second kappa shape index (κ2) is 6.74. The minimum absolute atomic E-state index is 0.105. The first-order valence-corrected chi connectivity index (χ1v) is 5.67. The van der Waals surface area contributed by atoms with Crippen molar-refractivity contribution < 1.29 is 4.79 Å². The molecule has 4 N–H and O–H groups in total. The summed E-state index contributed by atoms with van der Waals surface area (Å²) in [5.41, 5.74) is 10.9. The van der Waals surface area contributed by atoms with Gasteiger partial charge in [0.05, 0.1) is 11.0 Å². The zero-order valence-electron chi connectivity index (χ0n) is 9.69. The molecule has 1 amide bonds. The highest BCUT2D eigenvalue weighted by Crippen LogP contribution is 2.08. The number of rotatable bonds is 7. The van der Waals surface area contributed by atoms with Gasteiger partial charge in [-0.3, -0.25) is 9.69 Å². The quantitative estimate of drug-likeness (QED) is 0.626. The zero-order valence-corrected chi connectivity index (χ0v) is 10.5. The van der Waals surface area contributed by atoms with E-state index in [1.54, 1.807) is 0 Å². The van der Waals surface area contributed by atoms with E-state index in [-0.39, 0.29) is 17.9 Å². The van der Waals surface area contributed by atoms with Crippen molar-refractivity contribution in [2.24, 2.45) is 17.4 Å². The van der Waals surface area contributed by atoms with E-state index in [1.165, 1.54) is 0 Å². The SMILES string of the molecule is CCC(C(N)=O)N(CC)CC(C)C(N)=S. The highest BCUT2D eigenvalue weighted by atomic mass is 32.1. The summed E-state index contributed by atoms with van der Waals surface area (Å²) in [5, 5.41) is 0. The predicted octanol–water partition coefficient (Wildman–Crippen LogP) is 0.494. The van der Waals surface area contributed by atoms with Crippen LogP contribution in [0.1, 0.15) is 27.2 Å². The molecule has 5 heteroatoms. The van der Waals surface area contributed by atoms with E-state index in [1.807, 2.05) is 25.7 Å². The third-order valence-corrected chi connectivity index (χ3v) is 2.96. The van der Waals surface area contributed by atoms with E-state index in [2.05, 4.69) is 0 Å². The summed E-state index contributed by atoms with van der Waals surface area (Å²) < 4.78 is 0. The Morgan fingerprint density at radius 2 is 1.93 bits per heavy atom. The Labute approximate surface area is 97.0 Å². The van der Waals surface area contributed by atoms with Crippen LogP contribution in [0.5, 0.6) is 0 Å². The fourth-order valence-corrected chi connectivity index (χ4v) is 1.63. The molecule has 0 aliphatic rings. The third kappa shape index (κ3) is 4.57. The Morgan fingerprint density at radius 3 is 2.20 bits per heavy atom. The number of nitrogens with zero attached hydrogens (tertiary/aromatic N) is 1. The van der Waals surface area contributed by atoms with Gasteiger partial charge in [0.25, 0.3) is 0 Å². The van der Waals surface area contributed by atoms with E-state index in [0.717, 1.165) is 6.54 Å². The Kier molecular flexibility index (Phi) is 6.43. The largest absolute Gasteiger partial charge is 0.393 e. The molecule has 2 unspecified atom stereocenters. The topological polar surface area (TPSA) is 72.4 Å². The van der Waals surface area contributed by atoms with Crippen LogP contribution in [0.4, 0.5) is 0 Å². The minimum Gasteiger partial charge on any atom is -0.393 e. The average molecular weight is 231 g/mol. The number of hydrogen-bond acceptors (Lipinski definition) is 3. The second-order valence-electron chi connectivity index (χ2n) is 3.72. The number of carbonyl (C=O) groups is 1. The molecule has 0 saturated heterocycles. The molecule has 0 spiro atoms. The lowest BCUT2D eigenvalue weighted by Crippen LogP contribution is -2.47. The van der Waals surface area contributed by atoms with Crippen molar-refractivity contribution in [1.82, 2.24) is 4.90 Å². The second-order valence-corrected chi connectivity index (χ2v) is 4.19. The van der Waals surface area contributed by atoms with Gasteiger partial charge in [-0.25, -0.2) is 0 Å². The molecule has 0 bridgehead atoms. The first kappa shape index (κ1) is 14.3. The number of thiocarbonyl (C=S) groups is 1. The lowest BCUT2D eigenvalue weighted by molar-refractivity contribution is -0.123. The molecule has 88 valence electrons. The lowest BCUT2D eigenvalue weighted by atomic mass is 10.1. The van der Waals surface area contributed by atoms with Crippen molar-refractivity contribution in [3.05, 3.63) is 0 Å². The molecule has 0 fully saturated rings. The van der Waals surface area contributed by atoms with Crippen LogP contribution in [0.15, 0.2) is 0 Å². The summed E-state index contributed by atoms with van der Waals surface area (Å²) in [6.45, 7) is 7.36. The average Bonchev–Trinajstić information content (AvgIpc) is 2.16. The highest BCUT2D eigenvalue weighted by molar-refractivity contribution is 7.80. The van der Waals surface area contributed by atoms with Crippen molar-refractivity contribution in [1.29, 1.82) is 0 Å². The van der Waals surface area contributed by atoms with Gasteiger partial charge in [-0.05, 0) is 13.0 Å². The molecule has 0 aliphatic heterocycles. The normalized spacial score (nSPS) is 14.9. The molecular weight excluding hydrogens is 210 g/mol. The maximum absolute atomic E-state index is 11.2. The molecular formula is C10H21N3OS. The van der Waals surface area contributed by atoms with Crippen molar-refractivity contribution in [2.45, 2.75) is 33.2 Å². The molecule has 0 aromatic rings. The summed E-state index contributed by atoms with van der Waals surface area (Å²) in [7, 11) is 0. The van der Waals surface area contributed by atoms with Crippen molar-refractivity contribution in [3.8, 4) is 0 Å². The highest BCUT2D eigenvalue weighted by Gasteiger charge is 2.22. The van der Waals surface area contributed by atoms with Crippen molar-refractivity contribution >= 4 is 23.1 Å². The summed E-state index contributed by atoms with van der Waals surface area (Å²) in [6, 6.07) is -0.216. The maximum atomic E-state index is 11.2. The molecule has 15 heavy (non-hydrogen) atoms. The molecule has 0 rings (SSSR count). The van der Waals surface area contributed by atoms with E-state index in [0.29, 0.717) is 18.0 Å². The molecule has 2 atom stereocenters. The van der Waals surface area contributed by atoms with Crippen molar-refractivity contribution in [2.75, 3.05) is 13.1 Å². The fourth-order valence-electron chi connectivity index (χ4n) is 1.56. The molecule has 0 aromatic carbocycles. The maximum Gasteiger partial charge on any atom is 0.234 e. The van der Waals surface area contributed by atoms with Gasteiger partial charge < -0.3 is 11.5 Å². The molecule has 0 aromatic heterocycles.